The predicted molar refractivity (Wildman–Crippen MR) is 33.5 cm³/mol. The maximum absolute atomic E-state index is 4.14. The van der Waals surface area contributed by atoms with Crippen LogP contribution in [0, 0.1) is 0 Å². The van der Waals surface area contributed by atoms with E-state index >= 15 is 0 Å². The normalized spacial score (nSPS) is 24.6. The Hall–Kier alpha value is -0.570. The van der Waals surface area contributed by atoms with Gasteiger partial charge >= 0.3 is 0 Å². The summed E-state index contributed by atoms with van der Waals surface area (Å²) in [5.41, 5.74) is 3.02. The van der Waals surface area contributed by atoms with E-state index in [1.165, 1.54) is 0 Å². The summed E-state index contributed by atoms with van der Waals surface area (Å²) in [6.45, 7) is 4.04. The Labute approximate surface area is 49.4 Å². The van der Waals surface area contributed by atoms with Crippen molar-refractivity contribution in [3.05, 3.63) is 0 Å². The topological polar surface area (TPSA) is 27.6 Å². The van der Waals surface area contributed by atoms with Crippen LogP contribution >= 0.6 is 0 Å². The van der Waals surface area contributed by atoms with Gasteiger partial charge < -0.3 is 0 Å². The van der Waals surface area contributed by atoms with Crippen molar-refractivity contribution in [1.82, 2.24) is 10.4 Å². The van der Waals surface area contributed by atoms with Crippen molar-refractivity contribution < 1.29 is 0 Å². The molecule has 0 saturated heterocycles. The minimum absolute atomic E-state index is 0.0885. The van der Waals surface area contributed by atoms with Crippen LogP contribution in [0.5, 0.6) is 0 Å². The van der Waals surface area contributed by atoms with Gasteiger partial charge in [0.2, 0.25) is 0 Å². The van der Waals surface area contributed by atoms with E-state index in [0.29, 0.717) is 0 Å². The monoisotopic (exact) mass is 113 g/mol. The SMILES string of the molecule is CN1C=NC(C)(C)N1. The quantitative estimate of drug-likeness (QED) is 0.486. The highest BCUT2D eigenvalue weighted by Crippen LogP contribution is 2.07. The fourth-order valence-electron chi connectivity index (χ4n) is 0.720. The Morgan fingerprint density at radius 3 is 2.38 bits per heavy atom. The lowest BCUT2D eigenvalue weighted by molar-refractivity contribution is 0.286. The number of hydrogen-bond acceptors (Lipinski definition) is 3. The predicted octanol–water partition coefficient (Wildman–Crippen LogP) is 0.201. The molecule has 46 valence electrons. The zero-order chi connectivity index (χ0) is 6.20. The lowest BCUT2D eigenvalue weighted by atomic mass is 10.3. The van der Waals surface area contributed by atoms with Crippen LogP contribution in [0.15, 0.2) is 4.99 Å². The molecule has 0 unspecified atom stereocenters. The number of nitrogens with zero attached hydrogens (tertiary/aromatic N) is 2. The fraction of sp³-hybridized carbons (Fsp3) is 0.800. The number of aliphatic imine (C=N–C) groups is 1. The summed E-state index contributed by atoms with van der Waals surface area (Å²) >= 11 is 0. The largest absolute Gasteiger partial charge is 0.300 e. The molecule has 0 aromatic carbocycles. The molecule has 0 atom stereocenters. The molecule has 0 amide bonds. The van der Waals surface area contributed by atoms with Gasteiger partial charge in [-0.25, -0.2) is 5.43 Å². The van der Waals surface area contributed by atoms with E-state index in [1.807, 2.05) is 25.9 Å². The first-order chi connectivity index (χ1) is 3.60. The van der Waals surface area contributed by atoms with Crippen LogP contribution in [0.2, 0.25) is 0 Å². The van der Waals surface area contributed by atoms with Crippen molar-refractivity contribution in [3.8, 4) is 0 Å². The molecule has 8 heavy (non-hydrogen) atoms. The summed E-state index contributed by atoms with van der Waals surface area (Å²) in [5.74, 6) is 0. The first-order valence-corrected chi connectivity index (χ1v) is 2.66. The van der Waals surface area contributed by atoms with Crippen LogP contribution in [0.3, 0.4) is 0 Å². The molecule has 3 nitrogen and oxygen atoms in total. The summed E-state index contributed by atoms with van der Waals surface area (Å²) in [7, 11) is 1.93. The Bertz CT molecular complexity index is 117. The molecule has 0 saturated carbocycles. The van der Waals surface area contributed by atoms with E-state index in [1.54, 1.807) is 6.34 Å². The van der Waals surface area contributed by atoms with Gasteiger partial charge in [-0.15, -0.1) is 0 Å². The fourth-order valence-corrected chi connectivity index (χ4v) is 0.720. The number of nitrogens with one attached hydrogen (secondary N) is 1. The third-order valence-corrected chi connectivity index (χ3v) is 1.00. The molecule has 0 bridgehead atoms. The first kappa shape index (κ1) is 5.56. The molecule has 1 aliphatic rings. The van der Waals surface area contributed by atoms with E-state index in [0.717, 1.165) is 0 Å². The molecular formula is C5H11N3. The van der Waals surface area contributed by atoms with Gasteiger partial charge in [0, 0.05) is 7.05 Å². The molecule has 0 spiro atoms. The van der Waals surface area contributed by atoms with Crippen molar-refractivity contribution in [2.24, 2.45) is 4.99 Å². The van der Waals surface area contributed by atoms with Gasteiger partial charge in [-0.2, -0.15) is 0 Å². The average Bonchev–Trinajstić information content (AvgIpc) is 1.82. The molecule has 1 heterocycles. The van der Waals surface area contributed by atoms with Crippen molar-refractivity contribution in [2.45, 2.75) is 19.5 Å². The Kier molecular flexibility index (Phi) is 1.01. The Morgan fingerprint density at radius 2 is 2.25 bits per heavy atom. The summed E-state index contributed by atoms with van der Waals surface area (Å²) in [5, 5.41) is 1.85. The molecular weight excluding hydrogens is 102 g/mol. The Balaban J connectivity index is 2.58. The third-order valence-electron chi connectivity index (χ3n) is 1.00. The zero-order valence-electron chi connectivity index (χ0n) is 5.47. The standard InChI is InChI=1S/C5H11N3/c1-5(2)6-4-8(3)7-5/h4,7H,1-3H3. The van der Waals surface area contributed by atoms with Gasteiger partial charge in [-0.1, -0.05) is 0 Å². The maximum Gasteiger partial charge on any atom is 0.123 e. The van der Waals surface area contributed by atoms with Crippen molar-refractivity contribution in [2.75, 3.05) is 7.05 Å². The van der Waals surface area contributed by atoms with Crippen molar-refractivity contribution in [1.29, 1.82) is 0 Å². The second kappa shape index (κ2) is 1.45. The molecule has 0 aliphatic carbocycles. The molecule has 3 heteroatoms. The van der Waals surface area contributed by atoms with E-state index in [-0.39, 0.29) is 5.66 Å². The van der Waals surface area contributed by atoms with Crippen LogP contribution < -0.4 is 5.43 Å². The summed E-state index contributed by atoms with van der Waals surface area (Å²) in [6.07, 6.45) is 1.78. The smallest absolute Gasteiger partial charge is 0.123 e. The van der Waals surface area contributed by atoms with Crippen LogP contribution in [0.25, 0.3) is 0 Å². The van der Waals surface area contributed by atoms with Crippen LogP contribution in [-0.4, -0.2) is 24.1 Å². The highest BCUT2D eigenvalue weighted by molar-refractivity contribution is 5.56. The van der Waals surface area contributed by atoms with Crippen molar-refractivity contribution >= 4 is 6.34 Å². The van der Waals surface area contributed by atoms with Gasteiger partial charge in [0.25, 0.3) is 0 Å². The van der Waals surface area contributed by atoms with E-state index in [4.69, 9.17) is 0 Å². The highest BCUT2D eigenvalue weighted by atomic mass is 15.6. The van der Waals surface area contributed by atoms with E-state index in [9.17, 15) is 0 Å². The van der Waals surface area contributed by atoms with E-state index < -0.39 is 0 Å². The lowest BCUT2D eigenvalue weighted by Crippen LogP contribution is -2.40. The molecule has 1 N–H and O–H groups in total. The second-order valence-corrected chi connectivity index (χ2v) is 2.53. The molecule has 1 aliphatic heterocycles. The second-order valence-electron chi connectivity index (χ2n) is 2.53. The van der Waals surface area contributed by atoms with Crippen LogP contribution in [0.1, 0.15) is 13.8 Å². The number of hydrogen-bond donors (Lipinski definition) is 1. The zero-order valence-corrected chi connectivity index (χ0v) is 5.47. The summed E-state index contributed by atoms with van der Waals surface area (Å²) in [4.78, 5) is 4.14. The van der Waals surface area contributed by atoms with Gasteiger partial charge in [-0.05, 0) is 13.8 Å². The van der Waals surface area contributed by atoms with E-state index in [2.05, 4.69) is 10.4 Å². The van der Waals surface area contributed by atoms with Crippen molar-refractivity contribution in [3.63, 3.8) is 0 Å². The summed E-state index contributed by atoms with van der Waals surface area (Å²) in [6, 6.07) is 0. The molecule has 0 aromatic rings. The number of rotatable bonds is 0. The molecule has 1 rings (SSSR count). The Morgan fingerprint density at radius 1 is 1.62 bits per heavy atom. The lowest BCUT2D eigenvalue weighted by Gasteiger charge is -2.17. The average molecular weight is 113 g/mol. The molecule has 0 aromatic heterocycles. The molecule has 0 radical (unpaired) electrons. The van der Waals surface area contributed by atoms with Crippen LogP contribution in [0.4, 0.5) is 0 Å². The first-order valence-electron chi connectivity index (χ1n) is 2.66. The maximum atomic E-state index is 4.14. The van der Waals surface area contributed by atoms with Gasteiger partial charge in [0.15, 0.2) is 0 Å². The minimum atomic E-state index is -0.0885. The third kappa shape index (κ3) is 0.980. The van der Waals surface area contributed by atoms with Gasteiger partial charge in [0.05, 0.1) is 0 Å². The number of hydrazine groups is 1. The molecule has 0 fully saturated rings. The van der Waals surface area contributed by atoms with Gasteiger partial charge in [0.1, 0.15) is 12.0 Å². The van der Waals surface area contributed by atoms with Crippen LogP contribution in [-0.2, 0) is 0 Å². The highest BCUT2D eigenvalue weighted by Gasteiger charge is 2.20. The minimum Gasteiger partial charge on any atom is -0.300 e. The summed E-state index contributed by atoms with van der Waals surface area (Å²) < 4.78 is 0. The van der Waals surface area contributed by atoms with Gasteiger partial charge in [-0.3, -0.25) is 10.0 Å².